The minimum Gasteiger partial charge on any atom is -0.452 e. The van der Waals surface area contributed by atoms with Gasteiger partial charge in [-0.25, -0.2) is 9.78 Å². The van der Waals surface area contributed by atoms with Crippen molar-refractivity contribution in [1.82, 2.24) is 14.5 Å². The van der Waals surface area contributed by atoms with Crippen LogP contribution < -0.4 is 5.56 Å². The lowest BCUT2D eigenvalue weighted by atomic mass is 9.87. The lowest BCUT2D eigenvalue weighted by Crippen LogP contribution is -2.41. The van der Waals surface area contributed by atoms with E-state index in [1.54, 1.807) is 34.7 Å². The van der Waals surface area contributed by atoms with Crippen molar-refractivity contribution in [3.63, 3.8) is 0 Å². The van der Waals surface area contributed by atoms with Gasteiger partial charge in [-0.05, 0) is 62.6 Å². The van der Waals surface area contributed by atoms with Crippen LogP contribution in [0.3, 0.4) is 0 Å². The van der Waals surface area contributed by atoms with Crippen LogP contribution in [0.2, 0.25) is 0 Å². The number of hydrogen-bond donors (Lipinski definition) is 0. The number of carbonyl (C=O) groups is 2. The van der Waals surface area contributed by atoms with Crippen LogP contribution in [0.1, 0.15) is 68.1 Å². The van der Waals surface area contributed by atoms with E-state index < -0.39 is 5.97 Å². The van der Waals surface area contributed by atoms with Gasteiger partial charge in [-0.3, -0.25) is 14.2 Å². The molecule has 0 saturated heterocycles. The summed E-state index contributed by atoms with van der Waals surface area (Å²) < 4.78 is 7.05. The predicted molar refractivity (Wildman–Crippen MR) is 118 cm³/mol. The molecular formula is C24H31N3O4. The van der Waals surface area contributed by atoms with Gasteiger partial charge in [0.25, 0.3) is 11.5 Å². The lowest BCUT2D eigenvalue weighted by Gasteiger charge is -2.33. The second kappa shape index (κ2) is 9.20. The van der Waals surface area contributed by atoms with Gasteiger partial charge in [0.2, 0.25) is 0 Å². The van der Waals surface area contributed by atoms with Crippen molar-refractivity contribution < 1.29 is 14.3 Å². The Hall–Kier alpha value is -2.70. The summed E-state index contributed by atoms with van der Waals surface area (Å²) in [6, 6.07) is 5.03. The number of likely N-dealkylation sites (N-methyl/N-ethyl adjacent to an activating group) is 1. The fraction of sp³-hybridized carbons (Fsp3) is 0.583. The molecule has 0 bridgehead atoms. The zero-order valence-corrected chi connectivity index (χ0v) is 18.4. The number of nitrogens with zero attached hydrogens (tertiary/aromatic N) is 3. The standard InChI is InChI=1S/C24H31N3O4/c1-16-7-10-18(11-8-16)26(2)22(28)15-31-24(30)17-9-12-19-20(14-17)25-21-6-4-3-5-13-27(21)23(19)29/h9,12,14,16,18H,3-8,10-11,13,15H2,1-2H3. The molecule has 1 fully saturated rings. The monoisotopic (exact) mass is 425 g/mol. The first-order chi connectivity index (χ1) is 14.9. The van der Waals surface area contributed by atoms with Crippen LogP contribution in [0.4, 0.5) is 0 Å². The third kappa shape index (κ3) is 4.65. The maximum Gasteiger partial charge on any atom is 0.338 e. The Bertz CT molecular complexity index is 1040. The minimum absolute atomic E-state index is 0.0552. The number of benzene rings is 1. The molecule has 4 rings (SSSR count). The molecule has 1 aliphatic carbocycles. The van der Waals surface area contributed by atoms with Crippen LogP contribution in [0.15, 0.2) is 23.0 Å². The van der Waals surface area contributed by atoms with Gasteiger partial charge in [0.15, 0.2) is 6.61 Å². The fourth-order valence-electron chi connectivity index (χ4n) is 4.69. The Balaban J connectivity index is 1.44. The van der Waals surface area contributed by atoms with E-state index in [9.17, 15) is 14.4 Å². The number of amides is 1. The van der Waals surface area contributed by atoms with E-state index in [0.717, 1.165) is 57.2 Å². The number of ether oxygens (including phenoxy) is 1. The van der Waals surface area contributed by atoms with Crippen molar-refractivity contribution in [3.05, 3.63) is 39.9 Å². The van der Waals surface area contributed by atoms with Crippen LogP contribution in [0.5, 0.6) is 0 Å². The van der Waals surface area contributed by atoms with Crippen molar-refractivity contribution in [3.8, 4) is 0 Å². The molecule has 7 nitrogen and oxygen atoms in total. The van der Waals surface area contributed by atoms with Crippen LogP contribution in [-0.4, -0.2) is 46.0 Å². The van der Waals surface area contributed by atoms with Gasteiger partial charge in [-0.1, -0.05) is 13.3 Å². The summed E-state index contributed by atoms with van der Waals surface area (Å²) in [7, 11) is 1.79. The zero-order chi connectivity index (χ0) is 22.0. The van der Waals surface area contributed by atoms with Crippen molar-refractivity contribution in [2.45, 2.75) is 70.9 Å². The normalized spacial score (nSPS) is 21.2. The molecule has 0 unspecified atom stereocenters. The molecule has 166 valence electrons. The van der Waals surface area contributed by atoms with E-state index in [4.69, 9.17) is 4.74 Å². The summed E-state index contributed by atoms with van der Waals surface area (Å²) in [5.41, 5.74) is 0.757. The highest BCUT2D eigenvalue weighted by Gasteiger charge is 2.25. The molecule has 2 aliphatic rings. The van der Waals surface area contributed by atoms with Gasteiger partial charge in [-0.15, -0.1) is 0 Å². The molecule has 0 N–H and O–H groups in total. The highest BCUT2D eigenvalue weighted by atomic mass is 16.5. The summed E-state index contributed by atoms with van der Waals surface area (Å²) in [4.78, 5) is 44.3. The van der Waals surface area contributed by atoms with Crippen LogP contribution in [0, 0.1) is 5.92 Å². The number of fused-ring (bicyclic) bond motifs is 2. The molecule has 0 atom stereocenters. The Morgan fingerprint density at radius 1 is 1.16 bits per heavy atom. The Kier molecular flexibility index (Phi) is 6.39. The quantitative estimate of drug-likeness (QED) is 0.702. The highest BCUT2D eigenvalue weighted by molar-refractivity contribution is 5.95. The number of carbonyl (C=O) groups excluding carboxylic acids is 2. The average Bonchev–Trinajstić information content (AvgIpc) is 3.02. The van der Waals surface area contributed by atoms with E-state index in [1.807, 2.05) is 0 Å². The minimum atomic E-state index is -0.572. The van der Waals surface area contributed by atoms with Crippen molar-refractivity contribution in [2.24, 2.45) is 5.92 Å². The largest absolute Gasteiger partial charge is 0.452 e. The maximum absolute atomic E-state index is 12.8. The molecule has 2 aromatic rings. The molecule has 1 aromatic carbocycles. The number of esters is 1. The summed E-state index contributed by atoms with van der Waals surface area (Å²) >= 11 is 0. The molecule has 1 aliphatic heterocycles. The van der Waals surface area contributed by atoms with Gasteiger partial charge >= 0.3 is 5.97 Å². The first kappa shape index (κ1) is 21.5. The first-order valence-electron chi connectivity index (χ1n) is 11.4. The third-order valence-electron chi connectivity index (χ3n) is 6.81. The SMILES string of the molecule is CC1CCC(N(C)C(=O)COC(=O)c2ccc3c(=O)n4c(nc3c2)CCCCC4)CC1. The van der Waals surface area contributed by atoms with Crippen molar-refractivity contribution in [2.75, 3.05) is 13.7 Å². The van der Waals surface area contributed by atoms with Gasteiger partial charge in [0, 0.05) is 26.1 Å². The summed E-state index contributed by atoms with van der Waals surface area (Å²) in [6.07, 6.45) is 8.06. The van der Waals surface area contributed by atoms with Crippen LogP contribution in [0.25, 0.3) is 10.9 Å². The molecule has 31 heavy (non-hydrogen) atoms. The fourth-order valence-corrected chi connectivity index (χ4v) is 4.69. The Morgan fingerprint density at radius 2 is 1.94 bits per heavy atom. The van der Waals surface area contributed by atoms with Crippen molar-refractivity contribution in [1.29, 1.82) is 0 Å². The zero-order valence-electron chi connectivity index (χ0n) is 18.4. The third-order valence-corrected chi connectivity index (χ3v) is 6.81. The Morgan fingerprint density at radius 3 is 2.71 bits per heavy atom. The van der Waals surface area contributed by atoms with Crippen LogP contribution in [-0.2, 0) is 22.5 Å². The van der Waals surface area contributed by atoms with Gasteiger partial charge < -0.3 is 9.64 Å². The van der Waals surface area contributed by atoms with Gasteiger partial charge in [-0.2, -0.15) is 0 Å². The summed E-state index contributed by atoms with van der Waals surface area (Å²) in [6.45, 7) is 2.65. The number of aromatic nitrogens is 2. The molecular weight excluding hydrogens is 394 g/mol. The van der Waals surface area contributed by atoms with E-state index >= 15 is 0 Å². The van der Waals surface area contributed by atoms with Gasteiger partial charge in [0.05, 0.1) is 16.5 Å². The second-order valence-corrected chi connectivity index (χ2v) is 9.02. The second-order valence-electron chi connectivity index (χ2n) is 9.02. The predicted octanol–water partition coefficient (Wildman–Crippen LogP) is 3.32. The van der Waals surface area contributed by atoms with Gasteiger partial charge in [0.1, 0.15) is 5.82 Å². The summed E-state index contributed by atoms with van der Waals surface area (Å²) in [5, 5.41) is 0.504. The number of aryl methyl sites for hydroxylation is 1. The molecule has 0 radical (unpaired) electrons. The van der Waals surface area contributed by atoms with E-state index in [1.165, 1.54) is 0 Å². The molecule has 2 heterocycles. The molecule has 7 heteroatoms. The topological polar surface area (TPSA) is 81.5 Å². The molecule has 1 aromatic heterocycles. The smallest absolute Gasteiger partial charge is 0.338 e. The van der Waals surface area contributed by atoms with E-state index in [-0.39, 0.29) is 24.1 Å². The number of rotatable bonds is 4. The lowest BCUT2D eigenvalue weighted by molar-refractivity contribution is -0.136. The molecule has 0 spiro atoms. The van der Waals surface area contributed by atoms with E-state index in [0.29, 0.717) is 28.9 Å². The average molecular weight is 426 g/mol. The Labute approximate surface area is 182 Å². The molecule has 1 amide bonds. The summed E-state index contributed by atoms with van der Waals surface area (Å²) in [5.74, 6) is 0.731. The van der Waals surface area contributed by atoms with E-state index in [2.05, 4.69) is 11.9 Å². The molecule has 1 saturated carbocycles. The van der Waals surface area contributed by atoms with Crippen molar-refractivity contribution >= 4 is 22.8 Å². The maximum atomic E-state index is 12.8. The first-order valence-corrected chi connectivity index (χ1v) is 11.4. The highest BCUT2D eigenvalue weighted by Crippen LogP contribution is 2.26. The van der Waals surface area contributed by atoms with Crippen LogP contribution >= 0.6 is 0 Å². The number of hydrogen-bond acceptors (Lipinski definition) is 5.